The molecule has 232 valence electrons. The molecule has 41 heavy (non-hydrogen) atoms. The lowest BCUT2D eigenvalue weighted by Gasteiger charge is -2.27. The number of anilines is 2. The van der Waals surface area contributed by atoms with Crippen molar-refractivity contribution in [1.82, 2.24) is 5.32 Å². The second kappa shape index (κ2) is 22.0. The van der Waals surface area contributed by atoms with Gasteiger partial charge in [0.15, 0.2) is 0 Å². The number of nitrogens with one attached hydrogen (secondary N) is 3. The topological polar surface area (TPSA) is 128 Å². The molecule has 1 rings (SSSR count). The first-order valence-corrected chi connectivity index (χ1v) is 15.6. The minimum Gasteiger partial charge on any atom is -0.396 e. The van der Waals surface area contributed by atoms with E-state index in [-0.39, 0.29) is 31.4 Å². The van der Waals surface area contributed by atoms with Gasteiger partial charge in [0, 0.05) is 36.2 Å². The summed E-state index contributed by atoms with van der Waals surface area (Å²) in [5, 5.41) is 27.4. The number of unbranched alkanes of at least 4 members (excludes halogenated alkanes) is 11. The van der Waals surface area contributed by atoms with Gasteiger partial charge in [-0.15, -0.1) is 0 Å². The average molecular weight is 574 g/mol. The molecule has 0 fully saturated rings. The molecule has 0 spiro atoms. The summed E-state index contributed by atoms with van der Waals surface area (Å²) in [7, 11) is 0. The fraction of sp³-hybridized carbons (Fsp3) is 0.667. The van der Waals surface area contributed by atoms with E-state index in [9.17, 15) is 24.6 Å². The van der Waals surface area contributed by atoms with Crippen LogP contribution in [0.15, 0.2) is 36.4 Å². The molecule has 1 aromatic carbocycles. The molecule has 0 heterocycles. The van der Waals surface area contributed by atoms with Crippen LogP contribution in [0, 0.1) is 5.41 Å². The Morgan fingerprint density at radius 1 is 0.756 bits per heavy atom. The second-order valence-corrected chi connectivity index (χ2v) is 11.6. The number of amides is 3. The summed E-state index contributed by atoms with van der Waals surface area (Å²) >= 11 is 0. The normalized spacial score (nSPS) is 12.3. The zero-order valence-corrected chi connectivity index (χ0v) is 25.7. The molecule has 0 aliphatic carbocycles. The van der Waals surface area contributed by atoms with E-state index in [0.717, 1.165) is 25.7 Å². The Labute approximate surface area is 247 Å². The van der Waals surface area contributed by atoms with Crippen LogP contribution in [0.1, 0.15) is 117 Å². The van der Waals surface area contributed by atoms with Crippen LogP contribution in [0.5, 0.6) is 0 Å². The third-order valence-electron chi connectivity index (χ3n) is 7.17. The van der Waals surface area contributed by atoms with E-state index < -0.39 is 17.4 Å². The highest BCUT2D eigenvalue weighted by atomic mass is 16.3. The number of carbonyl (C=O) groups excluding carboxylic acids is 3. The quantitative estimate of drug-likeness (QED) is 0.0756. The number of hydrogen-bond donors (Lipinski definition) is 5. The van der Waals surface area contributed by atoms with E-state index in [1.54, 1.807) is 38.1 Å². The zero-order chi connectivity index (χ0) is 30.3. The molecule has 8 heteroatoms. The number of allylic oxidation sites excluding steroid dienone is 2. The standard InChI is InChI=1S/C33H55N3O5/c1-4-5-6-7-8-9-10-11-12-13-14-15-16-17-18-19-29(38)35-27-20-22-28(23-21-27)36-30(39)24-25-34-32(41)31(40)33(2,3)26-37/h11-12,20-23,31,37,40H,4-10,13-19,24-26H2,1-3H3,(H,34,41)(H,35,38)(H,36,39). The van der Waals surface area contributed by atoms with Crippen molar-refractivity contribution in [3.63, 3.8) is 0 Å². The van der Waals surface area contributed by atoms with Crippen LogP contribution < -0.4 is 16.0 Å². The van der Waals surface area contributed by atoms with Crippen LogP contribution >= 0.6 is 0 Å². The molecule has 0 radical (unpaired) electrons. The van der Waals surface area contributed by atoms with Gasteiger partial charge in [-0.1, -0.05) is 84.3 Å². The number of carbonyl (C=O) groups is 3. The fourth-order valence-corrected chi connectivity index (χ4v) is 4.28. The van der Waals surface area contributed by atoms with Crippen LogP contribution in [-0.4, -0.2) is 47.2 Å². The van der Waals surface area contributed by atoms with Gasteiger partial charge in [-0.2, -0.15) is 0 Å². The van der Waals surface area contributed by atoms with Crippen molar-refractivity contribution in [2.75, 3.05) is 23.8 Å². The molecule has 8 nitrogen and oxygen atoms in total. The number of benzene rings is 1. The number of aliphatic hydroxyl groups excluding tert-OH is 2. The van der Waals surface area contributed by atoms with Gasteiger partial charge >= 0.3 is 0 Å². The maximum Gasteiger partial charge on any atom is 0.249 e. The van der Waals surface area contributed by atoms with E-state index in [1.807, 2.05) is 0 Å². The first-order chi connectivity index (χ1) is 19.7. The number of aliphatic hydroxyl groups is 2. The van der Waals surface area contributed by atoms with Crippen molar-refractivity contribution >= 4 is 29.1 Å². The Hall–Kier alpha value is -2.71. The molecule has 0 aliphatic rings. The van der Waals surface area contributed by atoms with Crippen molar-refractivity contribution in [1.29, 1.82) is 0 Å². The Balaban J connectivity index is 2.11. The second-order valence-electron chi connectivity index (χ2n) is 11.6. The van der Waals surface area contributed by atoms with Gasteiger partial charge in [0.2, 0.25) is 17.7 Å². The summed E-state index contributed by atoms with van der Waals surface area (Å²) in [6.07, 6.45) is 19.8. The summed E-state index contributed by atoms with van der Waals surface area (Å²) in [6, 6.07) is 6.90. The highest BCUT2D eigenvalue weighted by Gasteiger charge is 2.32. The average Bonchev–Trinajstić information content (AvgIpc) is 2.95. The van der Waals surface area contributed by atoms with Crippen LogP contribution in [0.4, 0.5) is 11.4 Å². The summed E-state index contributed by atoms with van der Waals surface area (Å²) in [5.41, 5.74) is 0.291. The smallest absolute Gasteiger partial charge is 0.249 e. The molecule has 0 saturated heterocycles. The van der Waals surface area contributed by atoms with E-state index >= 15 is 0 Å². The van der Waals surface area contributed by atoms with Gasteiger partial charge in [-0.25, -0.2) is 0 Å². The van der Waals surface area contributed by atoms with Crippen molar-refractivity contribution in [3.8, 4) is 0 Å². The van der Waals surface area contributed by atoms with Gasteiger partial charge < -0.3 is 26.2 Å². The maximum absolute atomic E-state index is 12.3. The van der Waals surface area contributed by atoms with E-state index in [1.165, 1.54) is 57.8 Å². The van der Waals surface area contributed by atoms with E-state index in [2.05, 4.69) is 35.0 Å². The van der Waals surface area contributed by atoms with Gasteiger partial charge in [0.25, 0.3) is 0 Å². The lowest BCUT2D eigenvalue weighted by atomic mass is 9.87. The molecule has 3 amide bonds. The third kappa shape index (κ3) is 17.7. The zero-order valence-electron chi connectivity index (χ0n) is 25.7. The summed E-state index contributed by atoms with van der Waals surface area (Å²) < 4.78 is 0. The van der Waals surface area contributed by atoms with Crippen LogP contribution in [-0.2, 0) is 14.4 Å². The van der Waals surface area contributed by atoms with Gasteiger partial charge in [-0.3, -0.25) is 14.4 Å². The van der Waals surface area contributed by atoms with E-state index in [4.69, 9.17) is 0 Å². The number of rotatable bonds is 23. The molecule has 0 aliphatic heterocycles. The maximum atomic E-state index is 12.3. The molecule has 5 N–H and O–H groups in total. The largest absolute Gasteiger partial charge is 0.396 e. The summed E-state index contributed by atoms with van der Waals surface area (Å²) in [4.78, 5) is 36.4. The number of hydrogen-bond acceptors (Lipinski definition) is 5. The van der Waals surface area contributed by atoms with Gasteiger partial charge in [-0.05, 0) is 56.4 Å². The first kappa shape index (κ1) is 36.3. The van der Waals surface area contributed by atoms with Crippen LogP contribution in [0.3, 0.4) is 0 Å². The minimum atomic E-state index is -1.37. The highest BCUT2D eigenvalue weighted by molar-refractivity contribution is 5.93. The Kier molecular flexibility index (Phi) is 19.5. The summed E-state index contributed by atoms with van der Waals surface area (Å²) in [5.74, 6) is -0.928. The van der Waals surface area contributed by atoms with Gasteiger partial charge in [0.1, 0.15) is 6.10 Å². The van der Waals surface area contributed by atoms with Crippen LogP contribution in [0.25, 0.3) is 0 Å². The molecule has 1 unspecified atom stereocenters. The molecule has 1 aromatic rings. The SMILES string of the molecule is CCCCCCCCC=CCCCCCCCC(=O)Nc1ccc(NC(=O)CCNC(=O)C(O)C(C)(C)CO)cc1. The lowest BCUT2D eigenvalue weighted by Crippen LogP contribution is -2.46. The predicted octanol–water partition coefficient (Wildman–Crippen LogP) is 6.49. The third-order valence-corrected chi connectivity index (χ3v) is 7.17. The lowest BCUT2D eigenvalue weighted by molar-refractivity contribution is -0.137. The molecular formula is C33H55N3O5. The Morgan fingerprint density at radius 3 is 1.73 bits per heavy atom. The van der Waals surface area contributed by atoms with Crippen molar-refractivity contribution in [2.45, 2.75) is 123 Å². The molecule has 0 saturated carbocycles. The predicted molar refractivity (Wildman–Crippen MR) is 168 cm³/mol. The van der Waals surface area contributed by atoms with Crippen molar-refractivity contribution < 1.29 is 24.6 Å². The first-order valence-electron chi connectivity index (χ1n) is 15.6. The highest BCUT2D eigenvalue weighted by Crippen LogP contribution is 2.19. The Bertz CT molecular complexity index is 899. The molecule has 1 atom stereocenters. The molecule has 0 aromatic heterocycles. The monoisotopic (exact) mass is 573 g/mol. The minimum absolute atomic E-state index is 0.0123. The fourth-order valence-electron chi connectivity index (χ4n) is 4.28. The summed E-state index contributed by atoms with van der Waals surface area (Å²) in [6.45, 7) is 5.14. The van der Waals surface area contributed by atoms with Crippen molar-refractivity contribution in [2.24, 2.45) is 5.41 Å². The Morgan fingerprint density at radius 2 is 1.22 bits per heavy atom. The van der Waals surface area contributed by atoms with E-state index in [0.29, 0.717) is 17.8 Å². The van der Waals surface area contributed by atoms with Crippen molar-refractivity contribution in [3.05, 3.63) is 36.4 Å². The molecule has 0 bridgehead atoms. The van der Waals surface area contributed by atoms with Gasteiger partial charge in [0.05, 0.1) is 6.61 Å². The van der Waals surface area contributed by atoms with Crippen LogP contribution in [0.2, 0.25) is 0 Å². The molecular weight excluding hydrogens is 518 g/mol.